The Hall–Kier alpha value is -1.33. The standard InChI is InChI=1S/C12H15N3OS/c1-8(13)6-10-4-3-5-14-11(10)17-12-15-9(2)7-16-12/h3-5,7-8H,6,13H2,1-2H3. The third-order valence-corrected chi connectivity index (χ3v) is 3.10. The van der Waals surface area contributed by atoms with Gasteiger partial charge in [0.05, 0.1) is 5.69 Å². The second kappa shape index (κ2) is 5.33. The molecule has 4 nitrogen and oxygen atoms in total. The third kappa shape index (κ3) is 3.31. The summed E-state index contributed by atoms with van der Waals surface area (Å²) < 4.78 is 5.31. The molecule has 0 radical (unpaired) electrons. The minimum absolute atomic E-state index is 0.116. The van der Waals surface area contributed by atoms with Crippen LogP contribution in [-0.2, 0) is 6.42 Å². The van der Waals surface area contributed by atoms with Gasteiger partial charge in [0.25, 0.3) is 5.22 Å². The van der Waals surface area contributed by atoms with Crippen molar-refractivity contribution >= 4 is 11.8 Å². The Kier molecular flexibility index (Phi) is 3.81. The molecule has 0 aliphatic carbocycles. The van der Waals surface area contributed by atoms with Crippen molar-refractivity contribution in [3.05, 3.63) is 35.9 Å². The summed E-state index contributed by atoms with van der Waals surface area (Å²) in [4.78, 5) is 8.59. The highest BCUT2D eigenvalue weighted by Gasteiger charge is 2.10. The highest BCUT2D eigenvalue weighted by Crippen LogP contribution is 2.28. The van der Waals surface area contributed by atoms with Crippen LogP contribution in [0.2, 0.25) is 0 Å². The van der Waals surface area contributed by atoms with Gasteiger partial charge in [-0.15, -0.1) is 0 Å². The summed E-state index contributed by atoms with van der Waals surface area (Å²) in [6.07, 6.45) is 4.20. The number of hydrogen-bond acceptors (Lipinski definition) is 5. The molecule has 0 bridgehead atoms. The van der Waals surface area contributed by atoms with Crippen molar-refractivity contribution < 1.29 is 4.42 Å². The number of nitrogens with two attached hydrogens (primary N) is 1. The van der Waals surface area contributed by atoms with Crippen molar-refractivity contribution in [2.24, 2.45) is 5.73 Å². The van der Waals surface area contributed by atoms with Crippen molar-refractivity contribution in [3.63, 3.8) is 0 Å². The van der Waals surface area contributed by atoms with Gasteiger partial charge in [-0.1, -0.05) is 6.07 Å². The molecule has 1 unspecified atom stereocenters. The first kappa shape index (κ1) is 12.1. The Labute approximate surface area is 105 Å². The summed E-state index contributed by atoms with van der Waals surface area (Å²) in [5.74, 6) is 0. The molecule has 90 valence electrons. The zero-order valence-corrected chi connectivity index (χ0v) is 10.7. The average molecular weight is 249 g/mol. The van der Waals surface area contributed by atoms with E-state index in [1.807, 2.05) is 26.0 Å². The van der Waals surface area contributed by atoms with Crippen LogP contribution in [0.15, 0.2) is 39.3 Å². The molecule has 0 aromatic carbocycles. The predicted molar refractivity (Wildman–Crippen MR) is 67.0 cm³/mol. The van der Waals surface area contributed by atoms with Gasteiger partial charge in [-0.2, -0.15) is 0 Å². The lowest BCUT2D eigenvalue weighted by Gasteiger charge is -2.08. The van der Waals surface area contributed by atoms with E-state index in [-0.39, 0.29) is 6.04 Å². The molecule has 0 aliphatic heterocycles. The highest BCUT2D eigenvalue weighted by molar-refractivity contribution is 7.99. The molecule has 0 saturated heterocycles. The third-order valence-electron chi connectivity index (χ3n) is 2.17. The molecule has 2 aromatic rings. The fourth-order valence-corrected chi connectivity index (χ4v) is 2.33. The summed E-state index contributed by atoms with van der Waals surface area (Å²) in [5.41, 5.74) is 7.82. The number of hydrogen-bond donors (Lipinski definition) is 1. The van der Waals surface area contributed by atoms with Crippen molar-refractivity contribution in [2.75, 3.05) is 0 Å². The van der Waals surface area contributed by atoms with Gasteiger partial charge >= 0.3 is 0 Å². The molecule has 5 heteroatoms. The first-order chi connectivity index (χ1) is 8.15. The Morgan fingerprint density at radius 2 is 2.35 bits per heavy atom. The normalized spacial score (nSPS) is 12.6. The van der Waals surface area contributed by atoms with E-state index >= 15 is 0 Å². The van der Waals surface area contributed by atoms with Gasteiger partial charge in [0, 0.05) is 12.2 Å². The van der Waals surface area contributed by atoms with Gasteiger partial charge in [-0.25, -0.2) is 9.97 Å². The van der Waals surface area contributed by atoms with Crippen LogP contribution in [-0.4, -0.2) is 16.0 Å². The number of aryl methyl sites for hydroxylation is 1. The predicted octanol–water partition coefficient (Wildman–Crippen LogP) is 2.42. The molecule has 0 amide bonds. The molecule has 0 spiro atoms. The van der Waals surface area contributed by atoms with Gasteiger partial charge in [-0.05, 0) is 43.7 Å². The minimum Gasteiger partial charge on any atom is -0.439 e. The summed E-state index contributed by atoms with van der Waals surface area (Å²) in [7, 11) is 0. The van der Waals surface area contributed by atoms with Crippen LogP contribution < -0.4 is 5.73 Å². The van der Waals surface area contributed by atoms with Gasteiger partial charge < -0.3 is 10.2 Å². The smallest absolute Gasteiger partial charge is 0.262 e. The lowest BCUT2D eigenvalue weighted by molar-refractivity contribution is 0.453. The summed E-state index contributed by atoms with van der Waals surface area (Å²) in [6, 6.07) is 4.07. The summed E-state index contributed by atoms with van der Waals surface area (Å²) in [6.45, 7) is 3.88. The molecule has 2 heterocycles. The van der Waals surface area contributed by atoms with E-state index in [4.69, 9.17) is 10.2 Å². The Morgan fingerprint density at radius 1 is 1.53 bits per heavy atom. The van der Waals surface area contributed by atoms with E-state index in [2.05, 4.69) is 9.97 Å². The summed E-state index contributed by atoms with van der Waals surface area (Å²) >= 11 is 1.43. The number of oxazole rings is 1. The Bertz CT molecular complexity index is 496. The van der Waals surface area contributed by atoms with Crippen molar-refractivity contribution in [1.82, 2.24) is 9.97 Å². The van der Waals surface area contributed by atoms with Crippen molar-refractivity contribution in [2.45, 2.75) is 36.6 Å². The number of rotatable bonds is 4. The molecule has 0 fully saturated rings. The molecule has 2 aromatic heterocycles. The van der Waals surface area contributed by atoms with E-state index in [1.165, 1.54) is 11.8 Å². The van der Waals surface area contributed by atoms with Crippen LogP contribution >= 0.6 is 11.8 Å². The molecule has 2 rings (SSSR count). The first-order valence-corrected chi connectivity index (χ1v) is 6.26. The zero-order chi connectivity index (χ0) is 12.3. The maximum absolute atomic E-state index is 5.81. The topological polar surface area (TPSA) is 64.9 Å². The Morgan fingerprint density at radius 3 is 3.00 bits per heavy atom. The average Bonchev–Trinajstić information content (AvgIpc) is 2.66. The minimum atomic E-state index is 0.116. The molecule has 17 heavy (non-hydrogen) atoms. The zero-order valence-electron chi connectivity index (χ0n) is 9.88. The molecule has 0 aliphatic rings. The summed E-state index contributed by atoms with van der Waals surface area (Å²) in [5, 5.41) is 1.53. The van der Waals surface area contributed by atoms with E-state index in [9.17, 15) is 0 Å². The lowest BCUT2D eigenvalue weighted by atomic mass is 10.1. The fraction of sp³-hybridized carbons (Fsp3) is 0.333. The SMILES string of the molecule is Cc1coc(Sc2ncccc2CC(C)N)n1. The Balaban J connectivity index is 2.20. The maximum atomic E-state index is 5.81. The fourth-order valence-electron chi connectivity index (χ4n) is 1.48. The van der Waals surface area contributed by atoms with Gasteiger partial charge in [-0.3, -0.25) is 0 Å². The monoisotopic (exact) mass is 249 g/mol. The van der Waals surface area contributed by atoms with E-state index < -0.39 is 0 Å². The second-order valence-corrected chi connectivity index (χ2v) is 4.95. The van der Waals surface area contributed by atoms with Crippen LogP contribution in [0.25, 0.3) is 0 Å². The van der Waals surface area contributed by atoms with Crippen LogP contribution in [0.1, 0.15) is 18.2 Å². The molecular weight excluding hydrogens is 234 g/mol. The molecule has 0 saturated carbocycles. The maximum Gasteiger partial charge on any atom is 0.262 e. The van der Waals surface area contributed by atoms with Gasteiger partial charge in [0.15, 0.2) is 0 Å². The number of aromatic nitrogens is 2. The van der Waals surface area contributed by atoms with Crippen molar-refractivity contribution in [3.8, 4) is 0 Å². The van der Waals surface area contributed by atoms with E-state index in [0.717, 1.165) is 22.7 Å². The largest absolute Gasteiger partial charge is 0.439 e. The molecule has 2 N–H and O–H groups in total. The molecular formula is C12H15N3OS. The van der Waals surface area contributed by atoms with E-state index in [0.29, 0.717) is 5.22 Å². The van der Waals surface area contributed by atoms with Crippen molar-refractivity contribution in [1.29, 1.82) is 0 Å². The number of pyridine rings is 1. The van der Waals surface area contributed by atoms with Crippen LogP contribution in [0.4, 0.5) is 0 Å². The van der Waals surface area contributed by atoms with Gasteiger partial charge in [0.1, 0.15) is 11.3 Å². The number of nitrogens with zero attached hydrogens (tertiary/aromatic N) is 2. The lowest BCUT2D eigenvalue weighted by Crippen LogP contribution is -2.18. The first-order valence-electron chi connectivity index (χ1n) is 5.44. The van der Waals surface area contributed by atoms with Crippen LogP contribution in [0.5, 0.6) is 0 Å². The highest BCUT2D eigenvalue weighted by atomic mass is 32.2. The quantitative estimate of drug-likeness (QED) is 0.901. The van der Waals surface area contributed by atoms with Gasteiger partial charge in [0.2, 0.25) is 0 Å². The second-order valence-electron chi connectivity index (χ2n) is 4.01. The van der Waals surface area contributed by atoms with Crippen LogP contribution in [0.3, 0.4) is 0 Å². The van der Waals surface area contributed by atoms with E-state index in [1.54, 1.807) is 12.5 Å². The molecule has 1 atom stereocenters. The van der Waals surface area contributed by atoms with Crippen LogP contribution in [0, 0.1) is 6.92 Å².